The van der Waals surface area contributed by atoms with E-state index in [0.717, 1.165) is 24.5 Å². The largest absolute Gasteiger partial charge is 0.490 e. The third-order valence-corrected chi connectivity index (χ3v) is 3.72. The van der Waals surface area contributed by atoms with Crippen molar-refractivity contribution in [1.82, 2.24) is 0 Å². The van der Waals surface area contributed by atoms with Crippen molar-refractivity contribution in [2.75, 3.05) is 25.1 Å². The van der Waals surface area contributed by atoms with Crippen LogP contribution < -0.4 is 14.8 Å². The standard InChI is InChI=1S/C18H21NO2/c1-3-20-17-9-8-13(12-18(17)21-4-2)14-6-5-7-16-15(14)10-11-19-16/h5-9,12,19H,3-4,10-11H2,1-2H3. The first-order valence-corrected chi connectivity index (χ1v) is 7.59. The molecular formula is C18H21NO2. The van der Waals surface area contributed by atoms with Crippen LogP contribution in [-0.2, 0) is 6.42 Å². The number of rotatable bonds is 5. The average molecular weight is 283 g/mol. The molecule has 110 valence electrons. The van der Waals surface area contributed by atoms with Crippen molar-refractivity contribution in [1.29, 1.82) is 0 Å². The number of fused-ring (bicyclic) bond motifs is 1. The van der Waals surface area contributed by atoms with Crippen LogP contribution in [0.4, 0.5) is 5.69 Å². The Kier molecular flexibility index (Phi) is 4.00. The van der Waals surface area contributed by atoms with Crippen LogP contribution in [0.3, 0.4) is 0 Å². The van der Waals surface area contributed by atoms with Gasteiger partial charge in [0.25, 0.3) is 0 Å². The first-order chi connectivity index (χ1) is 10.3. The zero-order valence-electron chi connectivity index (χ0n) is 12.6. The molecular weight excluding hydrogens is 262 g/mol. The number of anilines is 1. The molecule has 0 radical (unpaired) electrons. The molecule has 0 unspecified atom stereocenters. The molecule has 2 aromatic carbocycles. The summed E-state index contributed by atoms with van der Waals surface area (Å²) in [7, 11) is 0. The molecule has 3 heteroatoms. The Morgan fingerprint density at radius 3 is 2.62 bits per heavy atom. The van der Waals surface area contributed by atoms with Gasteiger partial charge in [-0.05, 0) is 55.2 Å². The number of hydrogen-bond acceptors (Lipinski definition) is 3. The average Bonchev–Trinajstić information content (AvgIpc) is 2.98. The van der Waals surface area contributed by atoms with Crippen molar-refractivity contribution in [2.45, 2.75) is 20.3 Å². The minimum absolute atomic E-state index is 0.637. The van der Waals surface area contributed by atoms with Gasteiger partial charge in [-0.1, -0.05) is 18.2 Å². The summed E-state index contributed by atoms with van der Waals surface area (Å²) in [6, 6.07) is 12.6. The Hall–Kier alpha value is -2.16. The Labute approximate surface area is 125 Å². The first-order valence-electron chi connectivity index (χ1n) is 7.59. The maximum Gasteiger partial charge on any atom is 0.161 e. The van der Waals surface area contributed by atoms with Crippen LogP contribution in [-0.4, -0.2) is 19.8 Å². The van der Waals surface area contributed by atoms with Gasteiger partial charge in [0.2, 0.25) is 0 Å². The van der Waals surface area contributed by atoms with Crippen molar-refractivity contribution in [2.24, 2.45) is 0 Å². The predicted octanol–water partition coefficient (Wildman–Crippen LogP) is 4.12. The number of benzene rings is 2. The molecule has 1 aliphatic heterocycles. The molecule has 1 aliphatic rings. The van der Waals surface area contributed by atoms with Gasteiger partial charge in [-0.3, -0.25) is 0 Å². The highest BCUT2D eigenvalue weighted by Gasteiger charge is 2.16. The van der Waals surface area contributed by atoms with Crippen LogP contribution in [0.5, 0.6) is 11.5 Å². The monoisotopic (exact) mass is 283 g/mol. The second-order valence-corrected chi connectivity index (χ2v) is 5.04. The molecule has 0 aliphatic carbocycles. The van der Waals surface area contributed by atoms with E-state index in [0.29, 0.717) is 13.2 Å². The van der Waals surface area contributed by atoms with Crippen LogP contribution in [0.25, 0.3) is 11.1 Å². The maximum atomic E-state index is 5.73. The summed E-state index contributed by atoms with van der Waals surface area (Å²) in [5.41, 5.74) is 5.10. The van der Waals surface area contributed by atoms with Gasteiger partial charge in [0.05, 0.1) is 13.2 Å². The molecule has 0 fully saturated rings. The zero-order chi connectivity index (χ0) is 14.7. The summed E-state index contributed by atoms with van der Waals surface area (Å²) in [4.78, 5) is 0. The lowest BCUT2D eigenvalue weighted by atomic mass is 9.97. The molecule has 0 saturated heterocycles. The molecule has 1 heterocycles. The van der Waals surface area contributed by atoms with Gasteiger partial charge in [-0.2, -0.15) is 0 Å². The summed E-state index contributed by atoms with van der Waals surface area (Å²) in [5.74, 6) is 1.63. The number of ether oxygens (including phenoxy) is 2. The molecule has 0 amide bonds. The maximum absolute atomic E-state index is 5.73. The fourth-order valence-electron chi connectivity index (χ4n) is 2.83. The molecule has 0 saturated carbocycles. The highest BCUT2D eigenvalue weighted by atomic mass is 16.5. The van der Waals surface area contributed by atoms with E-state index < -0.39 is 0 Å². The molecule has 2 aromatic rings. The van der Waals surface area contributed by atoms with Crippen LogP contribution in [0.2, 0.25) is 0 Å². The van der Waals surface area contributed by atoms with Crippen molar-refractivity contribution < 1.29 is 9.47 Å². The molecule has 3 rings (SSSR count). The Bertz CT molecular complexity index is 637. The van der Waals surface area contributed by atoms with Crippen LogP contribution in [0.1, 0.15) is 19.4 Å². The third-order valence-electron chi connectivity index (χ3n) is 3.72. The topological polar surface area (TPSA) is 30.5 Å². The summed E-state index contributed by atoms with van der Waals surface area (Å²) < 4.78 is 11.4. The highest BCUT2D eigenvalue weighted by molar-refractivity contribution is 5.77. The van der Waals surface area contributed by atoms with Gasteiger partial charge < -0.3 is 14.8 Å². The second kappa shape index (κ2) is 6.08. The van der Waals surface area contributed by atoms with Crippen molar-refractivity contribution in [3.05, 3.63) is 42.0 Å². The second-order valence-electron chi connectivity index (χ2n) is 5.04. The third kappa shape index (κ3) is 2.68. The Balaban J connectivity index is 2.03. The van der Waals surface area contributed by atoms with Crippen molar-refractivity contribution in [3.8, 4) is 22.6 Å². The summed E-state index contributed by atoms with van der Waals surface area (Å²) in [5, 5.41) is 3.43. The predicted molar refractivity (Wildman–Crippen MR) is 86.4 cm³/mol. The van der Waals surface area contributed by atoms with Crippen LogP contribution in [0, 0.1) is 0 Å². The van der Waals surface area contributed by atoms with E-state index in [2.05, 4.69) is 35.6 Å². The summed E-state index contributed by atoms with van der Waals surface area (Å²) >= 11 is 0. The van der Waals surface area contributed by atoms with E-state index in [9.17, 15) is 0 Å². The summed E-state index contributed by atoms with van der Waals surface area (Å²) in [6.45, 7) is 6.27. The number of nitrogens with one attached hydrogen (secondary N) is 1. The quantitative estimate of drug-likeness (QED) is 0.895. The van der Waals surface area contributed by atoms with Gasteiger partial charge in [-0.15, -0.1) is 0 Å². The molecule has 0 spiro atoms. The fourth-order valence-corrected chi connectivity index (χ4v) is 2.83. The van der Waals surface area contributed by atoms with E-state index in [1.807, 2.05) is 19.9 Å². The van der Waals surface area contributed by atoms with Gasteiger partial charge >= 0.3 is 0 Å². The van der Waals surface area contributed by atoms with Gasteiger partial charge in [-0.25, -0.2) is 0 Å². The molecule has 21 heavy (non-hydrogen) atoms. The fraction of sp³-hybridized carbons (Fsp3) is 0.333. The Morgan fingerprint density at radius 1 is 1.00 bits per heavy atom. The normalized spacial score (nSPS) is 12.7. The minimum atomic E-state index is 0.637. The first kappa shape index (κ1) is 13.8. The summed E-state index contributed by atoms with van der Waals surface area (Å²) in [6.07, 6.45) is 1.07. The smallest absolute Gasteiger partial charge is 0.161 e. The Morgan fingerprint density at radius 2 is 1.81 bits per heavy atom. The molecule has 0 atom stereocenters. The van der Waals surface area contributed by atoms with Gasteiger partial charge in [0, 0.05) is 12.2 Å². The van der Waals surface area contributed by atoms with E-state index in [1.54, 1.807) is 0 Å². The van der Waals surface area contributed by atoms with E-state index in [1.165, 1.54) is 22.4 Å². The van der Waals surface area contributed by atoms with E-state index >= 15 is 0 Å². The SMILES string of the molecule is CCOc1ccc(-c2cccc3c2CCN3)cc1OCC. The lowest BCUT2D eigenvalue weighted by Gasteiger charge is -2.14. The molecule has 0 bridgehead atoms. The van der Waals surface area contributed by atoms with Crippen LogP contribution >= 0.6 is 0 Å². The van der Waals surface area contributed by atoms with Crippen LogP contribution in [0.15, 0.2) is 36.4 Å². The molecule has 3 nitrogen and oxygen atoms in total. The van der Waals surface area contributed by atoms with Crippen molar-refractivity contribution in [3.63, 3.8) is 0 Å². The van der Waals surface area contributed by atoms with Gasteiger partial charge in [0.15, 0.2) is 11.5 Å². The zero-order valence-corrected chi connectivity index (χ0v) is 12.6. The minimum Gasteiger partial charge on any atom is -0.490 e. The lowest BCUT2D eigenvalue weighted by Crippen LogP contribution is -1.98. The lowest BCUT2D eigenvalue weighted by molar-refractivity contribution is 0.288. The van der Waals surface area contributed by atoms with E-state index in [-0.39, 0.29) is 0 Å². The molecule has 1 N–H and O–H groups in total. The number of hydrogen-bond donors (Lipinski definition) is 1. The van der Waals surface area contributed by atoms with Gasteiger partial charge in [0.1, 0.15) is 0 Å². The van der Waals surface area contributed by atoms with Crippen molar-refractivity contribution >= 4 is 5.69 Å². The molecule has 0 aromatic heterocycles. The van der Waals surface area contributed by atoms with E-state index in [4.69, 9.17) is 9.47 Å². The highest BCUT2D eigenvalue weighted by Crippen LogP contribution is 2.37.